The number of rotatable bonds is 7. The van der Waals surface area contributed by atoms with Crippen LogP contribution < -0.4 is 15.0 Å². The molecule has 0 aliphatic carbocycles. The second-order valence-electron chi connectivity index (χ2n) is 9.97. The predicted molar refractivity (Wildman–Crippen MR) is 158 cm³/mol. The van der Waals surface area contributed by atoms with E-state index in [4.69, 9.17) is 0 Å². The molecule has 43 heavy (non-hydrogen) atoms. The Bertz CT molecular complexity index is 1650. The molecule has 3 aromatic carbocycles. The van der Waals surface area contributed by atoms with Gasteiger partial charge in [-0.15, -0.1) is 18.3 Å². The van der Waals surface area contributed by atoms with Gasteiger partial charge in [0.15, 0.2) is 11.0 Å². The number of nitrogens with one attached hydrogen (secondary N) is 1. The summed E-state index contributed by atoms with van der Waals surface area (Å²) in [5, 5.41) is 7.60. The molecule has 1 aliphatic rings. The molecule has 1 aromatic heterocycles. The summed E-state index contributed by atoms with van der Waals surface area (Å²) in [6.07, 6.45) is -3.31. The van der Waals surface area contributed by atoms with Crippen molar-refractivity contribution in [1.82, 2.24) is 20.1 Å². The van der Waals surface area contributed by atoms with Crippen LogP contribution in [0.25, 0.3) is 17.1 Å². The molecule has 1 fully saturated rings. The number of aromatic nitrogens is 3. The highest BCUT2D eigenvalue weighted by atomic mass is 32.2. The lowest BCUT2D eigenvalue weighted by Gasteiger charge is -2.21. The van der Waals surface area contributed by atoms with E-state index in [1.807, 2.05) is 57.2 Å². The van der Waals surface area contributed by atoms with Gasteiger partial charge in [-0.05, 0) is 54.3 Å². The van der Waals surface area contributed by atoms with E-state index >= 15 is 0 Å². The van der Waals surface area contributed by atoms with E-state index in [1.54, 1.807) is 12.1 Å². The number of thioether (sulfide) groups is 1. The zero-order valence-corrected chi connectivity index (χ0v) is 24.2. The number of carbonyl (C=O) groups is 2. The molecule has 1 aliphatic heterocycles. The lowest BCUT2D eigenvalue weighted by molar-refractivity contribution is -0.274. The first kappa shape index (κ1) is 29.8. The van der Waals surface area contributed by atoms with E-state index in [9.17, 15) is 22.8 Å². The van der Waals surface area contributed by atoms with Crippen molar-refractivity contribution in [3.63, 3.8) is 0 Å². The molecule has 1 unspecified atom stereocenters. The summed E-state index contributed by atoms with van der Waals surface area (Å²) < 4.78 is 42.6. The number of benzene rings is 3. The number of anilines is 1. The fourth-order valence-electron chi connectivity index (χ4n) is 4.49. The molecule has 4 aromatic rings. The Kier molecular flexibility index (Phi) is 8.53. The quantitative estimate of drug-likeness (QED) is 0.246. The minimum absolute atomic E-state index is 0.128. The van der Waals surface area contributed by atoms with Gasteiger partial charge in [-0.3, -0.25) is 9.69 Å². The van der Waals surface area contributed by atoms with E-state index in [0.717, 1.165) is 16.8 Å². The molecule has 13 heteroatoms. The van der Waals surface area contributed by atoms with E-state index in [1.165, 1.54) is 51.9 Å². The van der Waals surface area contributed by atoms with Gasteiger partial charge in [-0.2, -0.15) is 4.99 Å². The molecule has 3 amide bonds. The zero-order chi connectivity index (χ0) is 30.7. The number of hydrogen-bond acceptors (Lipinski definition) is 6. The first-order valence-electron chi connectivity index (χ1n) is 13.3. The summed E-state index contributed by atoms with van der Waals surface area (Å²) in [5.41, 5.74) is 3.75. The summed E-state index contributed by atoms with van der Waals surface area (Å²) in [5.74, 6) is 0.345. The van der Waals surface area contributed by atoms with E-state index in [2.05, 4.69) is 25.1 Å². The van der Waals surface area contributed by atoms with Crippen molar-refractivity contribution < 1.29 is 27.5 Å². The topological polar surface area (TPSA) is 102 Å². The fraction of sp³-hybridized carbons (Fsp3) is 0.233. The number of urea groups is 1. The van der Waals surface area contributed by atoms with Crippen LogP contribution >= 0.6 is 11.8 Å². The summed E-state index contributed by atoms with van der Waals surface area (Å²) in [7, 11) is 0. The van der Waals surface area contributed by atoms with Crippen LogP contribution in [-0.4, -0.2) is 44.0 Å². The highest BCUT2D eigenvalue weighted by Crippen LogP contribution is 2.33. The average Bonchev–Trinajstić information content (AvgIpc) is 3.59. The monoisotopic (exact) mass is 608 g/mol. The largest absolute Gasteiger partial charge is 0.573 e. The normalized spacial score (nSPS) is 15.3. The Morgan fingerprint density at radius 2 is 1.72 bits per heavy atom. The van der Waals surface area contributed by atoms with Gasteiger partial charge in [0.05, 0.1) is 23.2 Å². The van der Waals surface area contributed by atoms with Crippen LogP contribution in [0.3, 0.4) is 0 Å². The molecule has 1 N–H and O–H groups in total. The second-order valence-corrected chi connectivity index (χ2v) is 10.9. The SMILES string of the molecule is CC(C)c1ccccc1N1C(=O)CSC1=NC(=O)NC(C)c1ccc(-c2ncn(-c3ccc(OC(F)(F)F)cc3)n2)cc1. The van der Waals surface area contributed by atoms with Gasteiger partial charge in [-0.25, -0.2) is 14.5 Å². The highest BCUT2D eigenvalue weighted by molar-refractivity contribution is 8.15. The Morgan fingerprint density at radius 3 is 2.40 bits per heavy atom. The fourth-order valence-corrected chi connectivity index (χ4v) is 5.35. The van der Waals surface area contributed by atoms with Crippen LogP contribution in [0.15, 0.2) is 84.1 Å². The Labute approximate surface area is 249 Å². The van der Waals surface area contributed by atoms with Crippen molar-refractivity contribution in [3.05, 3.63) is 90.3 Å². The molecule has 0 bridgehead atoms. The molecule has 1 atom stereocenters. The van der Waals surface area contributed by atoms with Gasteiger partial charge in [0.1, 0.15) is 12.1 Å². The van der Waals surface area contributed by atoms with Crippen LogP contribution in [0.5, 0.6) is 5.75 Å². The maximum absolute atomic E-state index is 12.9. The molecule has 1 saturated heterocycles. The third kappa shape index (κ3) is 7.05. The van der Waals surface area contributed by atoms with E-state index in [0.29, 0.717) is 22.2 Å². The van der Waals surface area contributed by atoms with E-state index < -0.39 is 12.4 Å². The van der Waals surface area contributed by atoms with Crippen molar-refractivity contribution in [1.29, 1.82) is 0 Å². The number of halogens is 3. The van der Waals surface area contributed by atoms with E-state index in [-0.39, 0.29) is 29.4 Å². The number of alkyl halides is 3. The molecule has 2 heterocycles. The summed E-state index contributed by atoms with van der Waals surface area (Å²) in [4.78, 5) is 35.6. The van der Waals surface area contributed by atoms with Crippen LogP contribution in [0.2, 0.25) is 0 Å². The minimum atomic E-state index is -4.76. The lowest BCUT2D eigenvalue weighted by Crippen LogP contribution is -2.32. The van der Waals surface area contributed by atoms with Crippen LogP contribution in [-0.2, 0) is 4.79 Å². The lowest BCUT2D eigenvalue weighted by atomic mass is 10.0. The Balaban J connectivity index is 1.24. The maximum atomic E-state index is 12.9. The molecular formula is C30H27F3N6O3S. The van der Waals surface area contributed by atoms with Crippen LogP contribution in [0.1, 0.15) is 43.9 Å². The second kappa shape index (κ2) is 12.3. The van der Waals surface area contributed by atoms with Crippen molar-refractivity contribution in [2.45, 2.75) is 39.1 Å². The average molecular weight is 609 g/mol. The van der Waals surface area contributed by atoms with Gasteiger partial charge in [0, 0.05) is 5.56 Å². The standard InChI is InChI=1S/C30H27F3N6O3S/c1-18(2)24-6-4-5-7-25(24)39-26(40)16-43-29(39)36-28(41)35-19(3)20-8-10-21(11-9-20)27-34-17-38(37-27)22-12-14-23(15-13-22)42-30(31,32)33/h4-15,17-19H,16H2,1-3H3,(H,35,41). The molecule has 5 rings (SSSR count). The van der Waals surface area contributed by atoms with Crippen molar-refractivity contribution >= 4 is 34.6 Å². The van der Waals surface area contributed by atoms with Gasteiger partial charge in [0.2, 0.25) is 5.91 Å². The number of amides is 3. The highest BCUT2D eigenvalue weighted by Gasteiger charge is 2.32. The molecule has 0 spiro atoms. The number of carbonyl (C=O) groups excluding carboxylic acids is 2. The predicted octanol–water partition coefficient (Wildman–Crippen LogP) is 6.86. The van der Waals surface area contributed by atoms with Gasteiger partial charge in [-0.1, -0.05) is 68.1 Å². The molecule has 0 radical (unpaired) electrons. The summed E-state index contributed by atoms with van der Waals surface area (Å²) >= 11 is 1.23. The number of hydrogen-bond donors (Lipinski definition) is 1. The van der Waals surface area contributed by atoms with Crippen molar-refractivity contribution in [2.75, 3.05) is 10.7 Å². The maximum Gasteiger partial charge on any atom is 0.573 e. The van der Waals surface area contributed by atoms with Crippen molar-refractivity contribution in [2.24, 2.45) is 4.99 Å². The smallest absolute Gasteiger partial charge is 0.406 e. The van der Waals surface area contributed by atoms with Gasteiger partial charge < -0.3 is 10.1 Å². The van der Waals surface area contributed by atoms with Gasteiger partial charge in [0.25, 0.3) is 0 Å². The Hall–Kier alpha value is -4.65. The summed E-state index contributed by atoms with van der Waals surface area (Å²) in [6, 6.07) is 19.2. The molecule has 222 valence electrons. The number of nitrogens with zero attached hydrogens (tertiary/aromatic N) is 5. The van der Waals surface area contributed by atoms with Crippen molar-refractivity contribution in [3.8, 4) is 22.8 Å². The summed E-state index contributed by atoms with van der Waals surface area (Å²) in [6.45, 7) is 5.91. The minimum Gasteiger partial charge on any atom is -0.406 e. The third-order valence-corrected chi connectivity index (χ3v) is 7.52. The Morgan fingerprint density at radius 1 is 1.02 bits per heavy atom. The zero-order valence-electron chi connectivity index (χ0n) is 23.4. The number of aliphatic imine (C=N–C) groups is 1. The first-order chi connectivity index (χ1) is 20.5. The molecular weight excluding hydrogens is 581 g/mol. The first-order valence-corrected chi connectivity index (χ1v) is 14.3. The number of ether oxygens (including phenoxy) is 1. The number of para-hydroxylation sites is 1. The van der Waals surface area contributed by atoms with Gasteiger partial charge >= 0.3 is 12.4 Å². The van der Waals surface area contributed by atoms with Crippen LogP contribution in [0.4, 0.5) is 23.7 Å². The number of amidine groups is 1. The van der Waals surface area contributed by atoms with Crippen LogP contribution in [0, 0.1) is 0 Å². The molecule has 0 saturated carbocycles. The molecule has 9 nitrogen and oxygen atoms in total. The third-order valence-electron chi connectivity index (χ3n) is 6.60.